The Balaban J connectivity index is 1.35. The molecule has 4 rings (SSSR count). The predicted molar refractivity (Wildman–Crippen MR) is 142 cm³/mol. The maximum Gasteiger partial charge on any atom is 0.573 e. The van der Waals surface area contributed by atoms with Crippen LogP contribution in [0.25, 0.3) is 11.1 Å². The van der Waals surface area contributed by atoms with Crippen LogP contribution < -0.4 is 14.8 Å². The number of nitrogens with one attached hydrogen (secondary N) is 1. The second kappa shape index (κ2) is 12.2. The average Bonchev–Trinajstić information content (AvgIpc) is 2.93. The first kappa shape index (κ1) is 28.0. The summed E-state index contributed by atoms with van der Waals surface area (Å²) in [6.45, 7) is 3.07. The highest BCUT2D eigenvalue weighted by molar-refractivity contribution is 5.98. The van der Waals surface area contributed by atoms with E-state index < -0.39 is 6.36 Å². The maximum atomic E-state index is 12.8. The Hall–Kier alpha value is -4.01. The van der Waals surface area contributed by atoms with Crippen LogP contribution in [-0.4, -0.2) is 49.3 Å². The molecule has 0 spiro atoms. The number of carbonyl (C=O) groups excluding carboxylic acids is 2. The molecule has 0 atom stereocenters. The summed E-state index contributed by atoms with van der Waals surface area (Å²) in [6, 6.07) is 19.1. The van der Waals surface area contributed by atoms with E-state index in [-0.39, 0.29) is 30.1 Å². The van der Waals surface area contributed by atoms with Crippen molar-refractivity contribution in [3.8, 4) is 22.6 Å². The van der Waals surface area contributed by atoms with Gasteiger partial charge >= 0.3 is 6.36 Å². The smallest absolute Gasteiger partial charge is 0.489 e. The molecule has 6 nitrogen and oxygen atoms in total. The highest BCUT2D eigenvalue weighted by atomic mass is 19.4. The van der Waals surface area contributed by atoms with Crippen LogP contribution in [0, 0.1) is 0 Å². The van der Waals surface area contributed by atoms with Crippen molar-refractivity contribution >= 4 is 11.8 Å². The van der Waals surface area contributed by atoms with Gasteiger partial charge in [-0.25, -0.2) is 0 Å². The molecule has 1 N–H and O–H groups in total. The van der Waals surface area contributed by atoms with E-state index in [4.69, 9.17) is 4.74 Å². The van der Waals surface area contributed by atoms with Gasteiger partial charge in [-0.1, -0.05) is 49.4 Å². The third-order valence-corrected chi connectivity index (χ3v) is 6.75. The lowest BCUT2D eigenvalue weighted by molar-refractivity contribution is -0.274. The number of likely N-dealkylation sites (tertiary alicyclic amines) is 1. The summed E-state index contributed by atoms with van der Waals surface area (Å²) in [6.07, 6.45) is -2.69. The Morgan fingerprint density at radius 1 is 0.923 bits per heavy atom. The molecule has 1 heterocycles. The fraction of sp³-hybridized carbons (Fsp3) is 0.333. The number of benzene rings is 3. The van der Waals surface area contributed by atoms with Gasteiger partial charge in [-0.05, 0) is 52.9 Å². The second-order valence-electron chi connectivity index (χ2n) is 9.41. The van der Waals surface area contributed by atoms with Crippen molar-refractivity contribution in [2.45, 2.75) is 45.1 Å². The number of hydrogen-bond acceptors (Lipinski definition) is 4. The van der Waals surface area contributed by atoms with Crippen LogP contribution in [0.2, 0.25) is 0 Å². The van der Waals surface area contributed by atoms with Crippen LogP contribution in [0.3, 0.4) is 0 Å². The molecule has 0 unspecified atom stereocenters. The molecule has 1 saturated heterocycles. The van der Waals surface area contributed by atoms with Crippen LogP contribution in [0.1, 0.15) is 41.3 Å². The first-order chi connectivity index (χ1) is 18.6. The fourth-order valence-electron chi connectivity index (χ4n) is 4.56. The summed E-state index contributed by atoms with van der Waals surface area (Å²) in [7, 11) is 1.58. The van der Waals surface area contributed by atoms with Crippen LogP contribution >= 0.6 is 0 Å². The molecule has 0 bridgehead atoms. The summed E-state index contributed by atoms with van der Waals surface area (Å²) >= 11 is 0. The Bertz CT molecular complexity index is 1280. The van der Waals surface area contributed by atoms with E-state index in [1.807, 2.05) is 30.3 Å². The molecule has 2 amide bonds. The molecule has 3 aromatic rings. The predicted octanol–water partition coefficient (Wildman–Crippen LogP) is 5.79. The van der Waals surface area contributed by atoms with Gasteiger partial charge in [-0.15, -0.1) is 13.2 Å². The van der Waals surface area contributed by atoms with Crippen LogP contribution in [0.5, 0.6) is 11.5 Å². The van der Waals surface area contributed by atoms with Crippen molar-refractivity contribution in [2.24, 2.45) is 0 Å². The zero-order valence-electron chi connectivity index (χ0n) is 21.9. The van der Waals surface area contributed by atoms with E-state index in [1.54, 1.807) is 11.9 Å². The molecule has 0 radical (unpaired) electrons. The van der Waals surface area contributed by atoms with Gasteiger partial charge in [-0.2, -0.15) is 0 Å². The normalized spacial score (nSPS) is 14.1. The van der Waals surface area contributed by atoms with Gasteiger partial charge in [0.15, 0.2) is 0 Å². The number of hydrogen-bond donors (Lipinski definition) is 1. The monoisotopic (exact) mass is 540 g/mol. The van der Waals surface area contributed by atoms with Gasteiger partial charge in [0, 0.05) is 33.0 Å². The van der Waals surface area contributed by atoms with Gasteiger partial charge in [0.2, 0.25) is 5.91 Å². The van der Waals surface area contributed by atoms with Gasteiger partial charge in [0.25, 0.3) is 5.91 Å². The van der Waals surface area contributed by atoms with Crippen molar-refractivity contribution in [2.75, 3.05) is 20.1 Å². The number of alkyl halides is 3. The zero-order chi connectivity index (χ0) is 28.0. The van der Waals surface area contributed by atoms with E-state index in [1.165, 1.54) is 29.8 Å². The number of rotatable bonds is 8. The van der Waals surface area contributed by atoms with Crippen LogP contribution in [0.15, 0.2) is 66.7 Å². The minimum atomic E-state index is -4.76. The number of carbonyl (C=O) groups is 2. The lowest BCUT2D eigenvalue weighted by Gasteiger charge is -2.32. The van der Waals surface area contributed by atoms with Crippen molar-refractivity contribution in [3.05, 3.63) is 83.4 Å². The molecule has 3 aromatic carbocycles. The summed E-state index contributed by atoms with van der Waals surface area (Å²) < 4.78 is 47.1. The lowest BCUT2D eigenvalue weighted by Crippen LogP contribution is -2.42. The third kappa shape index (κ3) is 7.52. The first-order valence-electron chi connectivity index (χ1n) is 12.9. The minimum absolute atomic E-state index is 0.0827. The van der Waals surface area contributed by atoms with Crippen molar-refractivity contribution in [3.63, 3.8) is 0 Å². The Morgan fingerprint density at radius 2 is 1.54 bits per heavy atom. The third-order valence-electron chi connectivity index (χ3n) is 6.75. The van der Waals surface area contributed by atoms with Crippen molar-refractivity contribution < 1.29 is 32.2 Å². The standard InChI is InChI=1S/C30H31F3N2O4/c1-3-20-4-8-22(9-5-20)23-10-13-27(26(19-23)29(37)34-2)38-24-14-16-35(17-15-24)28(36)18-21-6-11-25(12-7-21)39-30(31,32)33/h4-13,19,24H,3,14-18H2,1-2H3,(H,34,37). The maximum absolute atomic E-state index is 12.8. The van der Waals surface area contributed by atoms with Gasteiger partial charge in [0.1, 0.15) is 17.6 Å². The number of nitrogens with zero attached hydrogens (tertiary/aromatic N) is 1. The molecule has 1 aliphatic rings. The first-order valence-corrected chi connectivity index (χ1v) is 12.9. The molecule has 0 aromatic heterocycles. The van der Waals surface area contributed by atoms with Gasteiger partial charge in [-0.3, -0.25) is 9.59 Å². The summed E-state index contributed by atoms with van der Waals surface area (Å²) in [5, 5.41) is 2.68. The van der Waals surface area contributed by atoms with E-state index in [0.717, 1.165) is 17.5 Å². The fourth-order valence-corrected chi connectivity index (χ4v) is 4.56. The van der Waals surface area contributed by atoms with E-state index in [9.17, 15) is 22.8 Å². The van der Waals surface area contributed by atoms with Gasteiger partial charge < -0.3 is 19.7 Å². The number of piperidine rings is 1. The largest absolute Gasteiger partial charge is 0.573 e. The number of amides is 2. The van der Waals surface area contributed by atoms with E-state index in [0.29, 0.717) is 42.8 Å². The molecular weight excluding hydrogens is 509 g/mol. The highest BCUT2D eigenvalue weighted by Gasteiger charge is 2.31. The minimum Gasteiger partial charge on any atom is -0.489 e. The van der Waals surface area contributed by atoms with Crippen molar-refractivity contribution in [1.29, 1.82) is 0 Å². The molecule has 1 aliphatic heterocycles. The molecule has 9 heteroatoms. The Kier molecular flexibility index (Phi) is 8.79. The quantitative estimate of drug-likeness (QED) is 0.393. The molecule has 0 aliphatic carbocycles. The molecular formula is C30H31F3N2O4. The zero-order valence-corrected chi connectivity index (χ0v) is 21.9. The van der Waals surface area contributed by atoms with Gasteiger partial charge in [0.05, 0.1) is 12.0 Å². The number of halogens is 3. The second-order valence-corrected chi connectivity index (χ2v) is 9.41. The molecule has 39 heavy (non-hydrogen) atoms. The number of ether oxygens (including phenoxy) is 2. The SMILES string of the molecule is CCc1ccc(-c2ccc(OC3CCN(C(=O)Cc4ccc(OC(F)(F)F)cc4)CC3)c(C(=O)NC)c2)cc1. The Labute approximate surface area is 225 Å². The highest BCUT2D eigenvalue weighted by Crippen LogP contribution is 2.30. The molecule has 206 valence electrons. The summed E-state index contributed by atoms with van der Waals surface area (Å²) in [5.74, 6) is -0.178. The van der Waals surface area contributed by atoms with Crippen LogP contribution in [-0.2, 0) is 17.6 Å². The van der Waals surface area contributed by atoms with E-state index >= 15 is 0 Å². The lowest BCUT2D eigenvalue weighted by atomic mass is 10.00. The Morgan fingerprint density at radius 3 is 2.13 bits per heavy atom. The molecule has 0 saturated carbocycles. The molecule has 1 fully saturated rings. The van der Waals surface area contributed by atoms with Crippen LogP contribution in [0.4, 0.5) is 13.2 Å². The summed E-state index contributed by atoms with van der Waals surface area (Å²) in [5.41, 5.74) is 4.22. The summed E-state index contributed by atoms with van der Waals surface area (Å²) in [4.78, 5) is 27.1. The topological polar surface area (TPSA) is 67.9 Å². The number of aryl methyl sites for hydroxylation is 1. The van der Waals surface area contributed by atoms with Crippen molar-refractivity contribution in [1.82, 2.24) is 10.2 Å². The van der Waals surface area contributed by atoms with E-state index in [2.05, 4.69) is 29.1 Å². The average molecular weight is 541 g/mol.